The van der Waals surface area contributed by atoms with E-state index in [1.54, 1.807) is 18.3 Å². The lowest BCUT2D eigenvalue weighted by Gasteiger charge is -2.22. The molecule has 0 radical (unpaired) electrons. The molecule has 0 aliphatic carbocycles. The van der Waals surface area contributed by atoms with Gasteiger partial charge in [0.05, 0.1) is 11.6 Å². The maximum absolute atomic E-state index is 12.2. The van der Waals surface area contributed by atoms with Gasteiger partial charge in [0.15, 0.2) is 0 Å². The van der Waals surface area contributed by atoms with Crippen LogP contribution in [0, 0.1) is 5.92 Å². The fourth-order valence-electron chi connectivity index (χ4n) is 1.94. The Bertz CT molecular complexity index is 591. The van der Waals surface area contributed by atoms with Gasteiger partial charge in [-0.05, 0) is 18.1 Å². The van der Waals surface area contributed by atoms with Crippen molar-refractivity contribution in [1.82, 2.24) is 19.9 Å². The third kappa shape index (κ3) is 3.17. The molecule has 0 bridgehead atoms. The van der Waals surface area contributed by atoms with Crippen molar-refractivity contribution in [2.24, 2.45) is 13.0 Å². The molecule has 1 atom stereocenters. The van der Waals surface area contributed by atoms with Crippen LogP contribution in [0.25, 0.3) is 0 Å². The number of rotatable bonds is 4. The number of aromatic nitrogens is 3. The standard InChI is InChI=1S/C14H17ClN4O/c1-9(2)12(13-16-6-7-19(13)3)18-14(20)10-4-5-11(15)17-8-10/h4-9,12H,1-3H3,(H,18,20). The number of amides is 1. The van der Waals surface area contributed by atoms with Gasteiger partial charge in [-0.15, -0.1) is 0 Å². The SMILES string of the molecule is CC(C)C(NC(=O)c1ccc(Cl)nc1)c1nccn1C. The summed E-state index contributed by atoms with van der Waals surface area (Å²) in [6, 6.07) is 3.10. The third-order valence-electron chi connectivity index (χ3n) is 3.08. The zero-order valence-electron chi connectivity index (χ0n) is 11.7. The summed E-state index contributed by atoms with van der Waals surface area (Å²) in [6.07, 6.45) is 5.05. The molecule has 1 unspecified atom stereocenters. The van der Waals surface area contributed by atoms with Crippen molar-refractivity contribution in [3.63, 3.8) is 0 Å². The molecule has 2 heterocycles. The molecule has 0 aliphatic rings. The average molecular weight is 293 g/mol. The van der Waals surface area contributed by atoms with E-state index >= 15 is 0 Å². The molecule has 0 fully saturated rings. The van der Waals surface area contributed by atoms with Crippen molar-refractivity contribution in [3.8, 4) is 0 Å². The molecule has 6 heteroatoms. The van der Waals surface area contributed by atoms with Crippen LogP contribution >= 0.6 is 11.6 Å². The molecule has 106 valence electrons. The van der Waals surface area contributed by atoms with Crippen LogP contribution in [0.1, 0.15) is 36.1 Å². The topological polar surface area (TPSA) is 59.8 Å². The Hall–Kier alpha value is -1.88. The molecule has 2 rings (SSSR count). The van der Waals surface area contributed by atoms with Crippen LogP contribution in [-0.4, -0.2) is 20.4 Å². The Kier molecular flexibility index (Phi) is 4.39. The number of aryl methyl sites for hydroxylation is 1. The van der Waals surface area contributed by atoms with E-state index in [1.165, 1.54) is 6.20 Å². The van der Waals surface area contributed by atoms with E-state index in [0.717, 1.165) is 5.82 Å². The van der Waals surface area contributed by atoms with Gasteiger partial charge in [0.2, 0.25) is 0 Å². The maximum atomic E-state index is 12.2. The molecular formula is C14H17ClN4O. The van der Waals surface area contributed by atoms with Crippen molar-refractivity contribution in [2.75, 3.05) is 0 Å². The number of nitrogens with one attached hydrogen (secondary N) is 1. The maximum Gasteiger partial charge on any atom is 0.253 e. The van der Waals surface area contributed by atoms with Gasteiger partial charge in [0.1, 0.15) is 11.0 Å². The zero-order valence-corrected chi connectivity index (χ0v) is 12.4. The van der Waals surface area contributed by atoms with E-state index in [1.807, 2.05) is 31.7 Å². The minimum absolute atomic E-state index is 0.154. The number of imidazole rings is 1. The first-order valence-electron chi connectivity index (χ1n) is 6.38. The zero-order chi connectivity index (χ0) is 14.7. The molecule has 0 aromatic carbocycles. The summed E-state index contributed by atoms with van der Waals surface area (Å²) in [7, 11) is 1.91. The van der Waals surface area contributed by atoms with E-state index in [2.05, 4.69) is 15.3 Å². The second-order valence-electron chi connectivity index (χ2n) is 4.96. The van der Waals surface area contributed by atoms with Gasteiger partial charge < -0.3 is 9.88 Å². The third-order valence-corrected chi connectivity index (χ3v) is 3.30. The number of nitrogens with zero attached hydrogens (tertiary/aromatic N) is 3. The monoisotopic (exact) mass is 292 g/mol. The molecule has 1 amide bonds. The Morgan fingerprint density at radius 2 is 2.10 bits per heavy atom. The summed E-state index contributed by atoms with van der Waals surface area (Å²) in [4.78, 5) is 20.5. The lowest BCUT2D eigenvalue weighted by molar-refractivity contribution is 0.0922. The summed E-state index contributed by atoms with van der Waals surface area (Å²) in [5.41, 5.74) is 0.481. The molecule has 2 aromatic heterocycles. The highest BCUT2D eigenvalue weighted by atomic mass is 35.5. The predicted molar refractivity (Wildman–Crippen MR) is 77.5 cm³/mol. The van der Waals surface area contributed by atoms with Crippen LogP contribution in [0.5, 0.6) is 0 Å². The van der Waals surface area contributed by atoms with Crippen LogP contribution in [0.3, 0.4) is 0 Å². The largest absolute Gasteiger partial charge is 0.342 e. The second kappa shape index (κ2) is 6.05. The average Bonchev–Trinajstić information content (AvgIpc) is 2.82. The summed E-state index contributed by atoms with van der Waals surface area (Å²) in [5, 5.41) is 3.36. The molecular weight excluding hydrogens is 276 g/mol. The molecule has 0 saturated carbocycles. The fraction of sp³-hybridized carbons (Fsp3) is 0.357. The van der Waals surface area contributed by atoms with Crippen LogP contribution in [-0.2, 0) is 7.05 Å². The normalized spacial score (nSPS) is 12.4. The van der Waals surface area contributed by atoms with E-state index in [-0.39, 0.29) is 17.9 Å². The van der Waals surface area contributed by atoms with Crippen molar-refractivity contribution in [1.29, 1.82) is 0 Å². The first-order chi connectivity index (χ1) is 9.49. The fourth-order valence-corrected chi connectivity index (χ4v) is 2.05. The molecule has 0 saturated heterocycles. The Balaban J connectivity index is 2.19. The van der Waals surface area contributed by atoms with E-state index < -0.39 is 0 Å². The van der Waals surface area contributed by atoms with Gasteiger partial charge in [-0.3, -0.25) is 4.79 Å². The quantitative estimate of drug-likeness (QED) is 0.881. The van der Waals surface area contributed by atoms with Crippen molar-refractivity contribution in [2.45, 2.75) is 19.9 Å². The van der Waals surface area contributed by atoms with Gasteiger partial charge in [-0.25, -0.2) is 9.97 Å². The smallest absolute Gasteiger partial charge is 0.253 e. The number of carbonyl (C=O) groups excluding carboxylic acids is 1. The molecule has 2 aromatic rings. The Morgan fingerprint density at radius 1 is 1.35 bits per heavy atom. The highest BCUT2D eigenvalue weighted by Gasteiger charge is 2.22. The second-order valence-corrected chi connectivity index (χ2v) is 5.35. The summed E-state index contributed by atoms with van der Waals surface area (Å²) >= 11 is 5.72. The number of carbonyl (C=O) groups is 1. The molecule has 5 nitrogen and oxygen atoms in total. The van der Waals surface area contributed by atoms with E-state index in [9.17, 15) is 4.79 Å². The Morgan fingerprint density at radius 3 is 2.60 bits per heavy atom. The van der Waals surface area contributed by atoms with Crippen LogP contribution in [0.15, 0.2) is 30.7 Å². The van der Waals surface area contributed by atoms with Gasteiger partial charge in [0.25, 0.3) is 5.91 Å². The molecule has 20 heavy (non-hydrogen) atoms. The highest BCUT2D eigenvalue weighted by molar-refractivity contribution is 6.29. The van der Waals surface area contributed by atoms with E-state index in [4.69, 9.17) is 11.6 Å². The lowest BCUT2D eigenvalue weighted by atomic mass is 10.0. The highest BCUT2D eigenvalue weighted by Crippen LogP contribution is 2.20. The van der Waals surface area contributed by atoms with Crippen LogP contribution in [0.4, 0.5) is 0 Å². The van der Waals surface area contributed by atoms with Gasteiger partial charge in [0, 0.05) is 25.6 Å². The van der Waals surface area contributed by atoms with Gasteiger partial charge >= 0.3 is 0 Å². The molecule has 0 aliphatic heterocycles. The van der Waals surface area contributed by atoms with E-state index in [0.29, 0.717) is 10.7 Å². The first kappa shape index (κ1) is 14.5. The first-order valence-corrected chi connectivity index (χ1v) is 6.76. The van der Waals surface area contributed by atoms with Crippen LogP contribution in [0.2, 0.25) is 5.15 Å². The number of halogens is 1. The molecule has 1 N–H and O–H groups in total. The minimum atomic E-state index is -0.184. The van der Waals surface area contributed by atoms with Crippen molar-refractivity contribution >= 4 is 17.5 Å². The number of hydrogen-bond acceptors (Lipinski definition) is 3. The summed E-state index contributed by atoms with van der Waals surface area (Å²) in [5.74, 6) is 0.867. The molecule has 0 spiro atoms. The summed E-state index contributed by atoms with van der Waals surface area (Å²) in [6.45, 7) is 4.08. The Labute approximate surface area is 123 Å². The van der Waals surface area contributed by atoms with Crippen molar-refractivity contribution < 1.29 is 4.79 Å². The number of pyridine rings is 1. The van der Waals surface area contributed by atoms with Crippen LogP contribution < -0.4 is 5.32 Å². The lowest BCUT2D eigenvalue weighted by Crippen LogP contribution is -2.33. The summed E-state index contributed by atoms with van der Waals surface area (Å²) < 4.78 is 1.91. The number of hydrogen-bond donors (Lipinski definition) is 1. The van der Waals surface area contributed by atoms with Gasteiger partial charge in [-0.2, -0.15) is 0 Å². The predicted octanol–water partition coefficient (Wildman–Crippen LogP) is 2.60. The van der Waals surface area contributed by atoms with Crippen molar-refractivity contribution in [3.05, 3.63) is 47.3 Å². The minimum Gasteiger partial charge on any atom is -0.342 e. The van der Waals surface area contributed by atoms with Gasteiger partial charge in [-0.1, -0.05) is 25.4 Å².